The number of hydrogen-bond acceptors (Lipinski definition) is 4. The van der Waals surface area contributed by atoms with Crippen LogP contribution in [0.5, 0.6) is 0 Å². The van der Waals surface area contributed by atoms with E-state index >= 15 is 0 Å². The Morgan fingerprint density at radius 2 is 1.65 bits per heavy atom. The summed E-state index contributed by atoms with van der Waals surface area (Å²) in [5.41, 5.74) is 0.969. The molecular weight excluding hydrogens is 300 g/mol. The van der Waals surface area contributed by atoms with E-state index in [9.17, 15) is 16.8 Å². The van der Waals surface area contributed by atoms with Crippen LogP contribution in [0, 0.1) is 6.92 Å². The van der Waals surface area contributed by atoms with Crippen molar-refractivity contribution in [2.75, 3.05) is 19.5 Å². The molecule has 112 valence electrons. The molecule has 8 heteroatoms. The van der Waals surface area contributed by atoms with Crippen molar-refractivity contribution >= 4 is 20.0 Å². The number of sulfonamides is 2. The number of aryl methyl sites for hydroxylation is 1. The van der Waals surface area contributed by atoms with Gasteiger partial charge in [-0.25, -0.2) is 16.8 Å². The lowest BCUT2D eigenvalue weighted by atomic mass is 10.2. The Morgan fingerprint density at radius 3 is 2.10 bits per heavy atom. The standard InChI is InChI=1S/C12H18N2O4S2/c1-10-4-6-12(7-5-10)20(17,18)13-8-11(2)14(9-13)19(3,15)16/h4-7,11H,8-9H2,1-3H3/t11-/m0/s1. The van der Waals surface area contributed by atoms with E-state index in [-0.39, 0.29) is 24.2 Å². The molecule has 1 aliphatic rings. The summed E-state index contributed by atoms with van der Waals surface area (Å²) in [5.74, 6) is 0. The molecule has 1 heterocycles. The summed E-state index contributed by atoms with van der Waals surface area (Å²) in [4.78, 5) is 0.186. The maximum absolute atomic E-state index is 12.5. The first-order valence-electron chi connectivity index (χ1n) is 6.16. The Kier molecular flexibility index (Phi) is 3.94. The lowest BCUT2D eigenvalue weighted by Crippen LogP contribution is -2.35. The molecule has 0 bridgehead atoms. The molecule has 1 fully saturated rings. The molecule has 0 aromatic heterocycles. The van der Waals surface area contributed by atoms with Crippen molar-refractivity contribution in [1.29, 1.82) is 0 Å². The van der Waals surface area contributed by atoms with Crippen molar-refractivity contribution in [3.05, 3.63) is 29.8 Å². The zero-order valence-electron chi connectivity index (χ0n) is 11.6. The average molecular weight is 318 g/mol. The summed E-state index contributed by atoms with van der Waals surface area (Å²) < 4.78 is 50.5. The van der Waals surface area contributed by atoms with Gasteiger partial charge in [0.25, 0.3) is 0 Å². The SMILES string of the molecule is Cc1ccc(S(=O)(=O)N2C[C@H](C)N(S(C)(=O)=O)C2)cc1. The molecule has 1 aromatic rings. The van der Waals surface area contributed by atoms with E-state index < -0.39 is 20.0 Å². The van der Waals surface area contributed by atoms with Gasteiger partial charge in [-0.15, -0.1) is 0 Å². The fourth-order valence-corrected chi connectivity index (χ4v) is 4.81. The van der Waals surface area contributed by atoms with Crippen molar-refractivity contribution in [2.45, 2.75) is 24.8 Å². The van der Waals surface area contributed by atoms with E-state index in [2.05, 4.69) is 0 Å². The van der Waals surface area contributed by atoms with Gasteiger partial charge in [0.1, 0.15) is 0 Å². The van der Waals surface area contributed by atoms with Crippen LogP contribution in [0.15, 0.2) is 29.2 Å². The van der Waals surface area contributed by atoms with Gasteiger partial charge in [0.05, 0.1) is 17.8 Å². The maximum atomic E-state index is 12.5. The number of rotatable bonds is 3. The van der Waals surface area contributed by atoms with Crippen LogP contribution in [0.3, 0.4) is 0 Å². The van der Waals surface area contributed by atoms with E-state index in [1.54, 1.807) is 31.2 Å². The molecule has 0 saturated carbocycles. The zero-order valence-corrected chi connectivity index (χ0v) is 13.3. The molecule has 1 aromatic carbocycles. The second-order valence-electron chi connectivity index (χ2n) is 5.09. The van der Waals surface area contributed by atoms with Crippen LogP contribution in [-0.4, -0.2) is 51.0 Å². The smallest absolute Gasteiger partial charge is 0.212 e. The van der Waals surface area contributed by atoms with Crippen LogP contribution in [0.2, 0.25) is 0 Å². The molecule has 2 rings (SSSR count). The van der Waals surface area contributed by atoms with E-state index in [0.717, 1.165) is 11.8 Å². The third kappa shape index (κ3) is 2.88. The topological polar surface area (TPSA) is 74.8 Å². The first kappa shape index (κ1) is 15.4. The van der Waals surface area contributed by atoms with Crippen molar-refractivity contribution in [3.8, 4) is 0 Å². The number of hydrogen-bond donors (Lipinski definition) is 0. The summed E-state index contributed by atoms with van der Waals surface area (Å²) in [7, 11) is -7.06. The number of nitrogens with zero attached hydrogens (tertiary/aromatic N) is 2. The fraction of sp³-hybridized carbons (Fsp3) is 0.500. The van der Waals surface area contributed by atoms with Crippen LogP contribution >= 0.6 is 0 Å². The fourth-order valence-electron chi connectivity index (χ4n) is 2.20. The molecule has 1 saturated heterocycles. The monoisotopic (exact) mass is 318 g/mol. The normalized spacial score (nSPS) is 22.2. The van der Waals surface area contributed by atoms with Crippen LogP contribution in [0.4, 0.5) is 0 Å². The molecular formula is C12H18N2O4S2. The van der Waals surface area contributed by atoms with E-state index in [1.165, 1.54) is 8.61 Å². The van der Waals surface area contributed by atoms with Crippen molar-refractivity contribution in [2.24, 2.45) is 0 Å². The van der Waals surface area contributed by atoms with Crippen molar-refractivity contribution < 1.29 is 16.8 Å². The lowest BCUT2D eigenvalue weighted by molar-refractivity contribution is 0.393. The van der Waals surface area contributed by atoms with Gasteiger partial charge in [-0.05, 0) is 26.0 Å². The molecule has 0 N–H and O–H groups in total. The Bertz CT molecular complexity index is 695. The van der Waals surface area contributed by atoms with Gasteiger partial charge >= 0.3 is 0 Å². The molecule has 0 aliphatic carbocycles. The zero-order chi connectivity index (χ0) is 15.1. The van der Waals surface area contributed by atoms with Gasteiger partial charge in [0.2, 0.25) is 20.0 Å². The van der Waals surface area contributed by atoms with Crippen molar-refractivity contribution in [1.82, 2.24) is 8.61 Å². The van der Waals surface area contributed by atoms with Crippen LogP contribution in [0.1, 0.15) is 12.5 Å². The second kappa shape index (κ2) is 5.10. The molecule has 20 heavy (non-hydrogen) atoms. The van der Waals surface area contributed by atoms with E-state index in [0.29, 0.717) is 0 Å². The maximum Gasteiger partial charge on any atom is 0.244 e. The molecule has 0 radical (unpaired) electrons. The lowest BCUT2D eigenvalue weighted by Gasteiger charge is -2.17. The second-order valence-corrected chi connectivity index (χ2v) is 8.97. The Labute approximate surface area is 120 Å². The molecule has 0 spiro atoms. The first-order chi connectivity index (χ1) is 9.12. The number of benzene rings is 1. The van der Waals surface area contributed by atoms with Crippen LogP contribution in [0.25, 0.3) is 0 Å². The molecule has 0 unspecified atom stereocenters. The minimum atomic E-state index is -3.65. The van der Waals surface area contributed by atoms with Crippen LogP contribution < -0.4 is 0 Å². The highest BCUT2D eigenvalue weighted by Crippen LogP contribution is 2.24. The molecule has 0 amide bonds. The molecule has 6 nitrogen and oxygen atoms in total. The predicted molar refractivity (Wildman–Crippen MR) is 76.1 cm³/mol. The Hall–Kier alpha value is -0.960. The minimum absolute atomic E-state index is 0.129. The highest BCUT2D eigenvalue weighted by Gasteiger charge is 2.39. The Morgan fingerprint density at radius 1 is 1.10 bits per heavy atom. The summed E-state index contributed by atoms with van der Waals surface area (Å²) in [6.45, 7) is 3.62. The summed E-state index contributed by atoms with van der Waals surface area (Å²) >= 11 is 0. The van der Waals surface area contributed by atoms with E-state index in [4.69, 9.17) is 0 Å². The summed E-state index contributed by atoms with van der Waals surface area (Å²) in [5, 5.41) is 0. The highest BCUT2D eigenvalue weighted by atomic mass is 32.2. The molecule has 1 atom stereocenters. The largest absolute Gasteiger partial charge is 0.244 e. The highest BCUT2D eigenvalue weighted by molar-refractivity contribution is 7.89. The first-order valence-corrected chi connectivity index (χ1v) is 9.45. The summed E-state index contributed by atoms with van der Waals surface area (Å²) in [6, 6.07) is 6.17. The predicted octanol–water partition coefficient (Wildman–Crippen LogP) is 0.607. The van der Waals surface area contributed by atoms with Gasteiger partial charge in [0.15, 0.2) is 0 Å². The van der Waals surface area contributed by atoms with E-state index in [1.807, 2.05) is 6.92 Å². The van der Waals surface area contributed by atoms with Crippen molar-refractivity contribution in [3.63, 3.8) is 0 Å². The van der Waals surface area contributed by atoms with Crippen LogP contribution in [-0.2, 0) is 20.0 Å². The van der Waals surface area contributed by atoms with Gasteiger partial charge < -0.3 is 0 Å². The average Bonchev–Trinajstić information content (AvgIpc) is 2.72. The van der Waals surface area contributed by atoms with Gasteiger partial charge in [-0.3, -0.25) is 0 Å². The Balaban J connectivity index is 2.31. The summed E-state index contributed by atoms with van der Waals surface area (Å²) in [6.07, 6.45) is 1.09. The van der Waals surface area contributed by atoms with Gasteiger partial charge in [0, 0.05) is 12.6 Å². The van der Waals surface area contributed by atoms with Gasteiger partial charge in [-0.2, -0.15) is 8.61 Å². The third-order valence-electron chi connectivity index (χ3n) is 3.34. The third-order valence-corrected chi connectivity index (χ3v) is 6.48. The molecule has 1 aliphatic heterocycles. The van der Waals surface area contributed by atoms with Gasteiger partial charge in [-0.1, -0.05) is 17.7 Å². The quantitative estimate of drug-likeness (QED) is 0.818. The minimum Gasteiger partial charge on any atom is -0.212 e.